The maximum Gasteiger partial charge on any atom is 0.326 e. The molecule has 0 fully saturated rings. The standard InChI is InChI=1S/C17H23FN4O6/c18-13-6-4-11(10-21-13)15(25)19-8-2-1-3-9-20-17(28)22-12(16(26)27)5-7-14(23)24/h4,6,10,12H,1-3,5,7-9H2,(H,19,25)(H,23,24)(H,26,27)(H2,20,22,28). The van der Waals surface area contributed by atoms with Crippen molar-refractivity contribution in [2.45, 2.75) is 38.1 Å². The van der Waals surface area contributed by atoms with Crippen LogP contribution in [-0.2, 0) is 9.59 Å². The van der Waals surface area contributed by atoms with Crippen LogP contribution in [0.1, 0.15) is 42.5 Å². The number of nitrogens with zero attached hydrogens (tertiary/aromatic N) is 1. The molecule has 5 N–H and O–H groups in total. The maximum atomic E-state index is 12.7. The van der Waals surface area contributed by atoms with E-state index in [1.165, 1.54) is 6.07 Å². The molecule has 1 unspecified atom stereocenters. The van der Waals surface area contributed by atoms with E-state index in [0.717, 1.165) is 12.3 Å². The number of hydrogen-bond donors (Lipinski definition) is 5. The van der Waals surface area contributed by atoms with Gasteiger partial charge in [-0.3, -0.25) is 9.59 Å². The Bertz CT molecular complexity index is 683. The van der Waals surface area contributed by atoms with Crippen LogP contribution in [0.4, 0.5) is 9.18 Å². The van der Waals surface area contributed by atoms with Gasteiger partial charge in [-0.05, 0) is 37.8 Å². The number of urea groups is 1. The van der Waals surface area contributed by atoms with E-state index in [1.807, 2.05) is 0 Å². The molecule has 1 aromatic heterocycles. The predicted octanol–water partition coefficient (Wildman–Crippen LogP) is 0.738. The first kappa shape index (κ1) is 22.8. The van der Waals surface area contributed by atoms with Crippen LogP contribution in [0.25, 0.3) is 0 Å². The lowest BCUT2D eigenvalue weighted by molar-refractivity contribution is -0.140. The smallest absolute Gasteiger partial charge is 0.326 e. The first-order valence-electron chi connectivity index (χ1n) is 8.68. The second kappa shape index (κ2) is 12.2. The summed E-state index contributed by atoms with van der Waals surface area (Å²) in [6.45, 7) is 0.700. The molecule has 0 spiro atoms. The molecule has 3 amide bonds. The zero-order valence-corrected chi connectivity index (χ0v) is 15.1. The summed E-state index contributed by atoms with van der Waals surface area (Å²) in [5.74, 6) is -3.46. The van der Waals surface area contributed by atoms with E-state index in [2.05, 4.69) is 20.9 Å². The Hall–Kier alpha value is -3.24. The van der Waals surface area contributed by atoms with Gasteiger partial charge in [0.15, 0.2) is 0 Å². The number of carboxylic acid groups (broad SMARTS) is 2. The monoisotopic (exact) mass is 398 g/mol. The van der Waals surface area contributed by atoms with Crippen LogP contribution >= 0.6 is 0 Å². The van der Waals surface area contributed by atoms with Crippen LogP contribution in [0, 0.1) is 5.95 Å². The van der Waals surface area contributed by atoms with Gasteiger partial charge in [0.25, 0.3) is 5.91 Å². The topological polar surface area (TPSA) is 158 Å². The second-order valence-electron chi connectivity index (χ2n) is 5.91. The van der Waals surface area contributed by atoms with Gasteiger partial charge < -0.3 is 26.2 Å². The van der Waals surface area contributed by atoms with Gasteiger partial charge >= 0.3 is 18.0 Å². The van der Waals surface area contributed by atoms with Crippen LogP contribution < -0.4 is 16.0 Å². The van der Waals surface area contributed by atoms with Gasteiger partial charge in [-0.25, -0.2) is 14.6 Å². The summed E-state index contributed by atoms with van der Waals surface area (Å²) in [5.41, 5.74) is 0.260. The summed E-state index contributed by atoms with van der Waals surface area (Å²) in [6, 6.07) is 0.477. The third-order valence-corrected chi connectivity index (χ3v) is 3.66. The largest absolute Gasteiger partial charge is 0.481 e. The van der Waals surface area contributed by atoms with Gasteiger partial charge in [-0.1, -0.05) is 0 Å². The number of aliphatic carboxylic acids is 2. The van der Waals surface area contributed by atoms with Crippen LogP contribution in [0.2, 0.25) is 0 Å². The molecule has 11 heteroatoms. The number of carbonyl (C=O) groups is 4. The molecular formula is C17H23FN4O6. The van der Waals surface area contributed by atoms with Crippen molar-refractivity contribution in [2.75, 3.05) is 13.1 Å². The first-order chi connectivity index (χ1) is 13.3. The lowest BCUT2D eigenvalue weighted by atomic mass is 10.1. The third kappa shape index (κ3) is 9.46. The molecule has 0 saturated carbocycles. The minimum Gasteiger partial charge on any atom is -0.481 e. The lowest BCUT2D eigenvalue weighted by Crippen LogP contribution is -2.46. The number of unbranched alkanes of at least 4 members (excludes halogenated alkanes) is 2. The van der Waals surface area contributed by atoms with E-state index < -0.39 is 30.0 Å². The molecule has 1 rings (SSSR count). The van der Waals surface area contributed by atoms with Crippen LogP contribution in [0.5, 0.6) is 0 Å². The van der Waals surface area contributed by atoms with Gasteiger partial charge in [0.05, 0.1) is 5.56 Å². The van der Waals surface area contributed by atoms with Crippen LogP contribution in [-0.4, -0.2) is 58.2 Å². The van der Waals surface area contributed by atoms with E-state index in [4.69, 9.17) is 10.2 Å². The Morgan fingerprint density at radius 2 is 1.71 bits per heavy atom. The molecule has 0 aliphatic heterocycles. The highest BCUT2D eigenvalue weighted by molar-refractivity contribution is 5.93. The maximum absolute atomic E-state index is 12.7. The number of pyridine rings is 1. The molecule has 0 bridgehead atoms. The number of halogens is 1. The molecule has 1 aromatic rings. The molecule has 0 aliphatic carbocycles. The molecule has 0 aliphatic rings. The average molecular weight is 398 g/mol. The highest BCUT2D eigenvalue weighted by Gasteiger charge is 2.20. The van der Waals surface area contributed by atoms with Gasteiger partial charge in [-0.15, -0.1) is 0 Å². The normalized spacial score (nSPS) is 11.3. The van der Waals surface area contributed by atoms with Crippen LogP contribution in [0.15, 0.2) is 18.3 Å². The second-order valence-corrected chi connectivity index (χ2v) is 5.91. The minimum absolute atomic E-state index is 0.207. The van der Waals surface area contributed by atoms with Crippen molar-refractivity contribution in [3.05, 3.63) is 29.8 Å². The summed E-state index contributed by atoms with van der Waals surface area (Å²) in [7, 11) is 0. The van der Waals surface area contributed by atoms with Gasteiger partial charge in [0.2, 0.25) is 5.95 Å². The van der Waals surface area contributed by atoms with E-state index in [9.17, 15) is 23.6 Å². The van der Waals surface area contributed by atoms with Crippen LogP contribution in [0.3, 0.4) is 0 Å². The molecule has 28 heavy (non-hydrogen) atoms. The van der Waals surface area contributed by atoms with Gasteiger partial charge in [0, 0.05) is 25.7 Å². The number of aromatic nitrogens is 1. The summed E-state index contributed by atoms with van der Waals surface area (Å²) < 4.78 is 12.7. The lowest BCUT2D eigenvalue weighted by Gasteiger charge is -2.14. The minimum atomic E-state index is -1.30. The van der Waals surface area contributed by atoms with E-state index in [0.29, 0.717) is 32.4 Å². The van der Waals surface area contributed by atoms with Gasteiger partial charge in [-0.2, -0.15) is 4.39 Å². The van der Waals surface area contributed by atoms with Crippen molar-refractivity contribution >= 4 is 23.9 Å². The Labute approximate surface area is 160 Å². The Morgan fingerprint density at radius 1 is 1.04 bits per heavy atom. The number of amides is 3. The fraction of sp³-hybridized carbons (Fsp3) is 0.471. The fourth-order valence-electron chi connectivity index (χ4n) is 2.18. The Morgan fingerprint density at radius 3 is 2.29 bits per heavy atom. The van der Waals surface area contributed by atoms with Crippen molar-refractivity contribution in [1.29, 1.82) is 0 Å². The molecule has 0 radical (unpaired) electrons. The third-order valence-electron chi connectivity index (χ3n) is 3.66. The van der Waals surface area contributed by atoms with Crippen molar-refractivity contribution in [3.8, 4) is 0 Å². The average Bonchev–Trinajstić information content (AvgIpc) is 2.64. The quantitative estimate of drug-likeness (QED) is 0.256. The fourth-order valence-corrected chi connectivity index (χ4v) is 2.18. The summed E-state index contributed by atoms with van der Waals surface area (Å²) in [5, 5.41) is 24.9. The van der Waals surface area contributed by atoms with Gasteiger partial charge in [0.1, 0.15) is 6.04 Å². The van der Waals surface area contributed by atoms with Crippen molar-refractivity contribution in [2.24, 2.45) is 0 Å². The first-order valence-corrected chi connectivity index (χ1v) is 8.68. The number of carboxylic acids is 2. The Kier molecular flexibility index (Phi) is 9.94. The molecule has 1 atom stereocenters. The van der Waals surface area contributed by atoms with Crippen molar-refractivity contribution in [3.63, 3.8) is 0 Å². The summed E-state index contributed by atoms with van der Waals surface area (Å²) in [4.78, 5) is 48.3. The zero-order chi connectivity index (χ0) is 20.9. The zero-order valence-electron chi connectivity index (χ0n) is 15.1. The number of rotatable bonds is 12. The van der Waals surface area contributed by atoms with Crippen molar-refractivity contribution in [1.82, 2.24) is 20.9 Å². The highest BCUT2D eigenvalue weighted by atomic mass is 19.1. The number of carbonyl (C=O) groups excluding carboxylic acids is 2. The molecule has 1 heterocycles. The SMILES string of the molecule is O=C(O)CCC(NC(=O)NCCCCCNC(=O)c1ccc(F)nc1)C(=O)O. The molecule has 0 aromatic carbocycles. The van der Waals surface area contributed by atoms with Crippen molar-refractivity contribution < 1.29 is 33.8 Å². The molecule has 0 saturated heterocycles. The number of hydrogen-bond acceptors (Lipinski definition) is 5. The van der Waals surface area contributed by atoms with E-state index in [-0.39, 0.29) is 24.3 Å². The molecular weight excluding hydrogens is 375 g/mol. The highest BCUT2D eigenvalue weighted by Crippen LogP contribution is 2.00. The molecule has 10 nitrogen and oxygen atoms in total. The van der Waals surface area contributed by atoms with E-state index >= 15 is 0 Å². The molecule has 154 valence electrons. The predicted molar refractivity (Wildman–Crippen MR) is 95.2 cm³/mol. The number of nitrogens with one attached hydrogen (secondary N) is 3. The van der Waals surface area contributed by atoms with E-state index in [1.54, 1.807) is 0 Å². The Balaban J connectivity index is 2.13. The summed E-state index contributed by atoms with van der Waals surface area (Å²) >= 11 is 0. The summed E-state index contributed by atoms with van der Waals surface area (Å²) in [6.07, 6.45) is 2.53.